The van der Waals surface area contributed by atoms with Crippen LogP contribution in [0.5, 0.6) is 0 Å². The number of nitrogens with zero attached hydrogens (tertiary/aromatic N) is 2. The molecule has 0 unspecified atom stereocenters. The zero-order valence-electron chi connectivity index (χ0n) is 10.9. The van der Waals surface area contributed by atoms with Crippen LogP contribution in [0.25, 0.3) is 11.4 Å². The minimum absolute atomic E-state index is 0.216. The lowest BCUT2D eigenvalue weighted by molar-refractivity contribution is 0.599. The van der Waals surface area contributed by atoms with Crippen molar-refractivity contribution in [3.05, 3.63) is 74.3 Å². The van der Waals surface area contributed by atoms with Gasteiger partial charge in [-0.3, -0.25) is 0 Å². The van der Waals surface area contributed by atoms with E-state index in [9.17, 15) is 4.39 Å². The van der Waals surface area contributed by atoms with E-state index in [0.29, 0.717) is 12.1 Å². The molecule has 2 aromatic carbocycles. The van der Waals surface area contributed by atoms with Crippen molar-refractivity contribution >= 4 is 38.5 Å². The molecule has 1 aromatic heterocycles. The van der Waals surface area contributed by atoms with Crippen molar-refractivity contribution in [3.63, 3.8) is 0 Å². The maximum absolute atomic E-state index is 14.0. The summed E-state index contributed by atoms with van der Waals surface area (Å²) in [6.45, 7) is 0.458. The molecule has 0 aliphatic carbocycles. The SMILES string of the molecule is Fc1cc(Br)ccc1Cn1ccnc1-c1cccc(I)c1. The highest BCUT2D eigenvalue weighted by Crippen LogP contribution is 2.22. The Kier molecular flexibility index (Phi) is 4.40. The lowest BCUT2D eigenvalue weighted by atomic mass is 10.2. The summed E-state index contributed by atoms with van der Waals surface area (Å²) in [4.78, 5) is 4.40. The molecule has 21 heavy (non-hydrogen) atoms. The molecule has 0 saturated carbocycles. The van der Waals surface area contributed by atoms with Crippen LogP contribution in [0.4, 0.5) is 4.39 Å². The third-order valence-electron chi connectivity index (χ3n) is 3.15. The number of hydrogen-bond acceptors (Lipinski definition) is 1. The van der Waals surface area contributed by atoms with Crippen LogP contribution in [0.1, 0.15) is 5.56 Å². The summed E-state index contributed by atoms with van der Waals surface area (Å²) in [5.41, 5.74) is 1.67. The first-order chi connectivity index (χ1) is 10.1. The molecule has 0 atom stereocenters. The quantitative estimate of drug-likeness (QED) is 0.501. The van der Waals surface area contributed by atoms with Crippen molar-refractivity contribution < 1.29 is 4.39 Å². The van der Waals surface area contributed by atoms with Crippen LogP contribution in [0.15, 0.2) is 59.3 Å². The Bertz CT molecular complexity index is 785. The van der Waals surface area contributed by atoms with Crippen molar-refractivity contribution in [1.82, 2.24) is 9.55 Å². The Morgan fingerprint density at radius 2 is 2.05 bits per heavy atom. The van der Waals surface area contributed by atoms with E-state index in [1.165, 1.54) is 6.07 Å². The van der Waals surface area contributed by atoms with E-state index in [-0.39, 0.29) is 5.82 Å². The summed E-state index contributed by atoms with van der Waals surface area (Å²) in [5, 5.41) is 0. The van der Waals surface area contributed by atoms with Crippen LogP contribution in [-0.2, 0) is 6.54 Å². The number of aromatic nitrogens is 2. The van der Waals surface area contributed by atoms with Crippen molar-refractivity contribution in [2.75, 3.05) is 0 Å². The molecule has 0 saturated heterocycles. The average molecular weight is 457 g/mol. The number of benzene rings is 2. The topological polar surface area (TPSA) is 17.8 Å². The van der Waals surface area contributed by atoms with E-state index in [1.807, 2.05) is 35.0 Å². The first-order valence-corrected chi connectivity index (χ1v) is 8.21. The lowest BCUT2D eigenvalue weighted by Crippen LogP contribution is -2.03. The van der Waals surface area contributed by atoms with E-state index < -0.39 is 0 Å². The molecule has 0 bridgehead atoms. The van der Waals surface area contributed by atoms with E-state index in [2.05, 4.69) is 49.6 Å². The van der Waals surface area contributed by atoms with Gasteiger partial charge in [0.1, 0.15) is 11.6 Å². The number of hydrogen-bond donors (Lipinski definition) is 0. The number of rotatable bonds is 3. The fourth-order valence-electron chi connectivity index (χ4n) is 2.16. The maximum Gasteiger partial charge on any atom is 0.140 e. The molecule has 3 rings (SSSR count). The summed E-state index contributed by atoms with van der Waals surface area (Å²) in [6, 6.07) is 13.2. The highest BCUT2D eigenvalue weighted by Gasteiger charge is 2.09. The first kappa shape index (κ1) is 14.7. The summed E-state index contributed by atoms with van der Waals surface area (Å²) in [7, 11) is 0. The summed E-state index contributed by atoms with van der Waals surface area (Å²) in [5.74, 6) is 0.627. The molecule has 5 heteroatoms. The van der Waals surface area contributed by atoms with Crippen molar-refractivity contribution in [1.29, 1.82) is 0 Å². The fraction of sp³-hybridized carbons (Fsp3) is 0.0625. The molecule has 0 fully saturated rings. The van der Waals surface area contributed by atoms with Gasteiger partial charge in [-0.05, 0) is 46.9 Å². The molecule has 1 heterocycles. The summed E-state index contributed by atoms with van der Waals surface area (Å²) < 4.78 is 17.8. The molecular formula is C16H11BrFIN2. The van der Waals surface area contributed by atoms with E-state index in [4.69, 9.17) is 0 Å². The van der Waals surface area contributed by atoms with Crippen molar-refractivity contribution in [2.24, 2.45) is 0 Å². The highest BCUT2D eigenvalue weighted by molar-refractivity contribution is 14.1. The Morgan fingerprint density at radius 1 is 1.19 bits per heavy atom. The van der Waals surface area contributed by atoms with Crippen molar-refractivity contribution in [2.45, 2.75) is 6.54 Å². The molecule has 0 aliphatic rings. The Morgan fingerprint density at radius 3 is 2.81 bits per heavy atom. The predicted molar refractivity (Wildman–Crippen MR) is 93.6 cm³/mol. The average Bonchev–Trinajstić information content (AvgIpc) is 2.90. The van der Waals surface area contributed by atoms with Gasteiger partial charge in [-0.2, -0.15) is 0 Å². The van der Waals surface area contributed by atoms with Gasteiger partial charge >= 0.3 is 0 Å². The van der Waals surface area contributed by atoms with Crippen LogP contribution in [0, 0.1) is 9.39 Å². The van der Waals surface area contributed by atoms with Gasteiger partial charge < -0.3 is 4.57 Å². The molecule has 0 spiro atoms. The molecule has 3 aromatic rings. The van der Waals surface area contributed by atoms with Crippen LogP contribution in [0.3, 0.4) is 0 Å². The van der Waals surface area contributed by atoms with Gasteiger partial charge in [0.25, 0.3) is 0 Å². The molecule has 106 valence electrons. The predicted octanol–water partition coefficient (Wildman–Crippen LogP) is 5.10. The van der Waals surface area contributed by atoms with E-state index in [1.54, 1.807) is 12.3 Å². The summed E-state index contributed by atoms with van der Waals surface area (Å²) in [6.07, 6.45) is 3.61. The highest BCUT2D eigenvalue weighted by atomic mass is 127. The van der Waals surface area contributed by atoms with Crippen LogP contribution < -0.4 is 0 Å². The van der Waals surface area contributed by atoms with Gasteiger partial charge in [0, 0.05) is 31.6 Å². The molecule has 0 amide bonds. The number of imidazole rings is 1. The van der Waals surface area contributed by atoms with E-state index >= 15 is 0 Å². The second-order valence-corrected chi connectivity index (χ2v) is 6.79. The van der Waals surface area contributed by atoms with Gasteiger partial charge in [0.05, 0.1) is 6.54 Å². The van der Waals surface area contributed by atoms with Gasteiger partial charge in [0.15, 0.2) is 0 Å². The third kappa shape index (κ3) is 3.35. The van der Waals surface area contributed by atoms with Crippen LogP contribution >= 0.6 is 38.5 Å². The molecule has 0 aliphatic heterocycles. The largest absolute Gasteiger partial charge is 0.326 e. The normalized spacial score (nSPS) is 10.8. The van der Waals surface area contributed by atoms with Gasteiger partial charge in [-0.25, -0.2) is 9.37 Å². The van der Waals surface area contributed by atoms with Crippen LogP contribution in [0.2, 0.25) is 0 Å². The van der Waals surface area contributed by atoms with Gasteiger partial charge in [-0.15, -0.1) is 0 Å². The summed E-state index contributed by atoms with van der Waals surface area (Å²) >= 11 is 5.55. The molecule has 0 radical (unpaired) electrons. The Hall–Kier alpha value is -1.21. The van der Waals surface area contributed by atoms with Crippen molar-refractivity contribution in [3.8, 4) is 11.4 Å². The maximum atomic E-state index is 14.0. The van der Waals surface area contributed by atoms with Gasteiger partial charge in [-0.1, -0.05) is 34.1 Å². The van der Waals surface area contributed by atoms with Gasteiger partial charge in [0.2, 0.25) is 0 Å². The van der Waals surface area contributed by atoms with Crippen LogP contribution in [-0.4, -0.2) is 9.55 Å². The Labute approximate surface area is 144 Å². The third-order valence-corrected chi connectivity index (χ3v) is 4.32. The minimum atomic E-state index is -0.216. The fourth-order valence-corrected chi connectivity index (χ4v) is 3.03. The number of halogens is 3. The smallest absolute Gasteiger partial charge is 0.140 e. The lowest BCUT2D eigenvalue weighted by Gasteiger charge is -2.09. The molecule has 0 N–H and O–H groups in total. The monoisotopic (exact) mass is 456 g/mol. The standard InChI is InChI=1S/C16H11BrFIN2/c17-13-5-4-12(15(18)9-13)10-21-7-6-20-16(21)11-2-1-3-14(19)8-11/h1-9H,10H2. The molecule has 2 nitrogen and oxygen atoms in total. The Balaban J connectivity index is 1.96. The second-order valence-electron chi connectivity index (χ2n) is 4.62. The second kappa shape index (κ2) is 6.27. The molecular weight excluding hydrogens is 446 g/mol. The van der Waals surface area contributed by atoms with E-state index in [0.717, 1.165) is 19.4 Å². The zero-order chi connectivity index (χ0) is 14.8. The zero-order valence-corrected chi connectivity index (χ0v) is 14.7. The minimum Gasteiger partial charge on any atom is -0.326 e. The first-order valence-electron chi connectivity index (χ1n) is 6.34.